The summed E-state index contributed by atoms with van der Waals surface area (Å²) in [5.74, 6) is 0.298. The predicted molar refractivity (Wildman–Crippen MR) is 189 cm³/mol. The maximum Gasteiger partial charge on any atom is 0.0106 e. The van der Waals surface area contributed by atoms with Crippen molar-refractivity contribution in [2.45, 2.75) is 13.8 Å². The summed E-state index contributed by atoms with van der Waals surface area (Å²) in [7, 11) is 0. The maximum absolute atomic E-state index is 2.48. The van der Waals surface area contributed by atoms with Gasteiger partial charge >= 0.3 is 0 Å². The zero-order valence-electron chi connectivity index (χ0n) is 25.3. The van der Waals surface area contributed by atoms with Gasteiger partial charge in [-0.2, -0.15) is 0 Å². The van der Waals surface area contributed by atoms with Crippen LogP contribution in [0, 0.1) is 11.3 Å². The Morgan fingerprint density at radius 2 is 1.00 bits per heavy atom. The molecule has 212 valence electrons. The maximum atomic E-state index is 2.48. The number of hydrogen-bond acceptors (Lipinski definition) is 0. The van der Waals surface area contributed by atoms with Crippen molar-refractivity contribution in [2.75, 3.05) is 0 Å². The van der Waals surface area contributed by atoms with E-state index in [9.17, 15) is 0 Å². The Bertz CT molecular complexity index is 2070. The standard InChI is InChI=1S/C44H36/c1-32-27-33(28-42(36-15-5-3-6-16-36)40-23-21-34-13-9-11-19-38(34)29-40)25-26-44(32,2)31-43(37-17-7-4-8-18-37)41-24-22-35-14-10-12-20-39(35)30-41/h3-32H,1-2H3. The molecule has 6 aromatic carbocycles. The van der Waals surface area contributed by atoms with Crippen LogP contribution >= 0.6 is 0 Å². The highest BCUT2D eigenvalue weighted by molar-refractivity contribution is 5.91. The van der Waals surface area contributed by atoms with E-state index in [2.05, 4.69) is 190 Å². The molecule has 0 saturated carbocycles. The van der Waals surface area contributed by atoms with E-state index in [1.807, 2.05) is 0 Å². The first-order valence-corrected chi connectivity index (χ1v) is 15.5. The van der Waals surface area contributed by atoms with Crippen molar-refractivity contribution in [3.05, 3.63) is 204 Å². The van der Waals surface area contributed by atoms with Crippen LogP contribution in [0.25, 0.3) is 32.7 Å². The molecular weight excluding hydrogens is 528 g/mol. The van der Waals surface area contributed by atoms with Crippen molar-refractivity contribution in [3.63, 3.8) is 0 Å². The van der Waals surface area contributed by atoms with Gasteiger partial charge in [-0.3, -0.25) is 0 Å². The van der Waals surface area contributed by atoms with Crippen LogP contribution in [0.15, 0.2) is 182 Å². The zero-order valence-corrected chi connectivity index (χ0v) is 25.3. The van der Waals surface area contributed by atoms with E-state index in [1.165, 1.54) is 60.5 Å². The lowest BCUT2D eigenvalue weighted by molar-refractivity contribution is 0.418. The van der Waals surface area contributed by atoms with Gasteiger partial charge in [0.2, 0.25) is 0 Å². The average molecular weight is 565 g/mol. The molecule has 0 fully saturated rings. The first kappa shape index (κ1) is 27.6. The molecule has 0 aliphatic heterocycles. The topological polar surface area (TPSA) is 0 Å². The summed E-state index contributed by atoms with van der Waals surface area (Å²) < 4.78 is 0. The molecule has 0 heterocycles. The minimum absolute atomic E-state index is 0.149. The van der Waals surface area contributed by atoms with E-state index >= 15 is 0 Å². The molecule has 0 radical (unpaired) electrons. The molecule has 2 atom stereocenters. The van der Waals surface area contributed by atoms with Crippen molar-refractivity contribution < 1.29 is 0 Å². The van der Waals surface area contributed by atoms with Crippen molar-refractivity contribution in [1.29, 1.82) is 0 Å². The van der Waals surface area contributed by atoms with Crippen LogP contribution in [0.4, 0.5) is 0 Å². The van der Waals surface area contributed by atoms with Crippen molar-refractivity contribution >= 4 is 32.7 Å². The van der Waals surface area contributed by atoms with Crippen LogP contribution in [-0.4, -0.2) is 0 Å². The lowest BCUT2D eigenvalue weighted by Crippen LogP contribution is -2.22. The summed E-state index contributed by atoms with van der Waals surface area (Å²) in [6.45, 7) is 4.70. The number of fused-ring (bicyclic) bond motifs is 2. The van der Waals surface area contributed by atoms with Gasteiger partial charge in [0.1, 0.15) is 0 Å². The second-order valence-corrected chi connectivity index (χ2v) is 12.1. The first-order chi connectivity index (χ1) is 21.6. The van der Waals surface area contributed by atoms with Crippen molar-refractivity contribution in [2.24, 2.45) is 11.3 Å². The zero-order chi connectivity index (χ0) is 29.9. The molecule has 44 heavy (non-hydrogen) atoms. The van der Waals surface area contributed by atoms with E-state index in [-0.39, 0.29) is 5.41 Å². The number of allylic oxidation sites excluding steroid dienone is 6. The van der Waals surface area contributed by atoms with Crippen LogP contribution in [-0.2, 0) is 0 Å². The van der Waals surface area contributed by atoms with Crippen LogP contribution in [0.2, 0.25) is 0 Å². The lowest BCUT2D eigenvalue weighted by Gasteiger charge is -2.32. The Hall–Kier alpha value is -5.20. The SMILES string of the molecule is CC1C=C(C=C(c2ccccc2)c2ccc3ccccc3c2)C=CC1(C)C=C(c1ccccc1)c1ccc2ccccc2c1. The van der Waals surface area contributed by atoms with Gasteiger partial charge in [0.15, 0.2) is 0 Å². The Labute approximate surface area is 261 Å². The van der Waals surface area contributed by atoms with E-state index in [1.54, 1.807) is 0 Å². The highest BCUT2D eigenvalue weighted by Gasteiger charge is 2.29. The third kappa shape index (κ3) is 5.60. The van der Waals surface area contributed by atoms with Gasteiger partial charge in [-0.15, -0.1) is 0 Å². The fourth-order valence-electron chi connectivity index (χ4n) is 6.32. The van der Waals surface area contributed by atoms with Crippen LogP contribution < -0.4 is 0 Å². The van der Waals surface area contributed by atoms with Gasteiger partial charge in [0, 0.05) is 5.41 Å². The third-order valence-electron chi connectivity index (χ3n) is 9.12. The molecule has 0 saturated heterocycles. The third-order valence-corrected chi connectivity index (χ3v) is 9.12. The highest BCUT2D eigenvalue weighted by Crippen LogP contribution is 2.41. The second-order valence-electron chi connectivity index (χ2n) is 12.1. The molecule has 0 bridgehead atoms. The molecule has 1 aliphatic rings. The van der Waals surface area contributed by atoms with Gasteiger partial charge in [-0.25, -0.2) is 0 Å². The van der Waals surface area contributed by atoms with Gasteiger partial charge in [0.25, 0.3) is 0 Å². The predicted octanol–water partition coefficient (Wildman–Crippen LogP) is 11.7. The van der Waals surface area contributed by atoms with Gasteiger partial charge in [-0.05, 0) is 84.6 Å². The summed E-state index contributed by atoms with van der Waals surface area (Å²) in [6, 6.07) is 52.4. The van der Waals surface area contributed by atoms with E-state index < -0.39 is 0 Å². The summed E-state index contributed by atoms with van der Waals surface area (Å²) in [4.78, 5) is 0. The Balaban J connectivity index is 1.29. The Kier molecular flexibility index (Phi) is 7.42. The molecule has 7 rings (SSSR count). The van der Waals surface area contributed by atoms with Gasteiger partial charge in [-0.1, -0.05) is 172 Å². The summed E-state index contributed by atoms with van der Waals surface area (Å²) in [6.07, 6.45) is 12.0. The fourth-order valence-corrected chi connectivity index (χ4v) is 6.32. The number of rotatable bonds is 6. The molecule has 0 aromatic heterocycles. The second kappa shape index (κ2) is 11.8. The smallest absolute Gasteiger partial charge is 0.0106 e. The monoisotopic (exact) mass is 564 g/mol. The van der Waals surface area contributed by atoms with Gasteiger partial charge in [0.05, 0.1) is 0 Å². The molecule has 0 heteroatoms. The largest absolute Gasteiger partial charge is 0.0736 e. The molecular formula is C44H36. The fraction of sp³-hybridized carbons (Fsp3) is 0.0909. The molecule has 0 N–H and O–H groups in total. The Morgan fingerprint density at radius 3 is 1.55 bits per heavy atom. The minimum Gasteiger partial charge on any atom is -0.0736 e. The van der Waals surface area contributed by atoms with E-state index in [0.29, 0.717) is 5.92 Å². The molecule has 2 unspecified atom stereocenters. The molecule has 6 aromatic rings. The van der Waals surface area contributed by atoms with Crippen molar-refractivity contribution in [1.82, 2.24) is 0 Å². The average Bonchev–Trinajstić information content (AvgIpc) is 3.08. The molecule has 0 nitrogen and oxygen atoms in total. The summed E-state index contributed by atoms with van der Waals surface area (Å²) >= 11 is 0. The first-order valence-electron chi connectivity index (χ1n) is 15.5. The van der Waals surface area contributed by atoms with E-state index in [4.69, 9.17) is 0 Å². The number of hydrogen-bond donors (Lipinski definition) is 0. The van der Waals surface area contributed by atoms with Crippen LogP contribution in [0.1, 0.15) is 36.1 Å². The number of benzene rings is 6. The molecule has 0 spiro atoms. The molecule has 1 aliphatic carbocycles. The molecule has 0 amide bonds. The van der Waals surface area contributed by atoms with Crippen molar-refractivity contribution in [3.8, 4) is 0 Å². The minimum atomic E-state index is -0.149. The lowest BCUT2D eigenvalue weighted by atomic mass is 9.71. The quantitative estimate of drug-likeness (QED) is 0.189. The Morgan fingerprint density at radius 1 is 0.523 bits per heavy atom. The van der Waals surface area contributed by atoms with Crippen LogP contribution in [0.3, 0.4) is 0 Å². The van der Waals surface area contributed by atoms with Crippen LogP contribution in [0.5, 0.6) is 0 Å². The van der Waals surface area contributed by atoms with E-state index in [0.717, 1.165) is 0 Å². The summed E-state index contributed by atoms with van der Waals surface area (Å²) in [5.41, 5.74) is 8.53. The highest BCUT2D eigenvalue weighted by atomic mass is 14.3. The van der Waals surface area contributed by atoms with Gasteiger partial charge < -0.3 is 0 Å². The normalized spacial score (nSPS) is 18.9. The summed E-state index contributed by atoms with van der Waals surface area (Å²) in [5, 5.41) is 5.05.